The van der Waals surface area contributed by atoms with E-state index in [-0.39, 0.29) is 0 Å². The number of fused-ring (bicyclic) bond motifs is 1. The molecule has 5 rings (SSSR count). The number of hydrogen-bond acceptors (Lipinski definition) is 3. The zero-order chi connectivity index (χ0) is 16.5. The molecule has 3 heterocycles. The van der Waals surface area contributed by atoms with Crippen molar-refractivity contribution in [1.29, 1.82) is 0 Å². The highest BCUT2D eigenvalue weighted by atomic mass is 16.5. The van der Waals surface area contributed by atoms with E-state index in [1.165, 1.54) is 57.3 Å². The fraction of sp³-hybridized carbons (Fsp3) is 0.714. The summed E-state index contributed by atoms with van der Waals surface area (Å²) in [5.74, 6) is 1.06. The Hall–Kier alpha value is -1.22. The third-order valence-electron chi connectivity index (χ3n) is 8.12. The summed E-state index contributed by atoms with van der Waals surface area (Å²) in [6.45, 7) is 5.04. The lowest BCUT2D eigenvalue weighted by Gasteiger charge is -2.58. The van der Waals surface area contributed by atoms with Gasteiger partial charge in [-0.15, -0.1) is 0 Å². The van der Waals surface area contributed by atoms with Gasteiger partial charge in [-0.25, -0.2) is 0 Å². The fourth-order valence-corrected chi connectivity index (χ4v) is 7.29. The molecule has 130 valence electrons. The van der Waals surface area contributed by atoms with Gasteiger partial charge in [-0.2, -0.15) is 0 Å². The average Bonchev–Trinajstić information content (AvgIpc) is 3.14. The van der Waals surface area contributed by atoms with Gasteiger partial charge in [0.25, 0.3) is 0 Å². The molecule has 3 heteroatoms. The lowest BCUT2D eigenvalue weighted by atomic mass is 9.52. The van der Waals surface area contributed by atoms with Gasteiger partial charge < -0.3 is 9.64 Å². The molecule has 4 aliphatic rings. The van der Waals surface area contributed by atoms with Gasteiger partial charge in [0.2, 0.25) is 0 Å². The SMILES string of the molecule is CC[C@]12CCCN3CC[C@]4(c5cccc(OC)c5N(C)[C@@H]4CC1)[C@@H]32. The number of ether oxygens (including phenoxy) is 1. The van der Waals surface area contributed by atoms with Gasteiger partial charge in [-0.05, 0) is 68.7 Å². The molecule has 4 atom stereocenters. The quantitative estimate of drug-likeness (QED) is 0.822. The molecule has 0 amide bonds. The highest BCUT2D eigenvalue weighted by molar-refractivity contribution is 5.73. The van der Waals surface area contributed by atoms with Crippen LogP contribution in [0.2, 0.25) is 0 Å². The van der Waals surface area contributed by atoms with Crippen LogP contribution in [0.5, 0.6) is 5.75 Å². The van der Waals surface area contributed by atoms with Crippen LogP contribution in [-0.2, 0) is 5.41 Å². The van der Waals surface area contributed by atoms with E-state index in [0.717, 1.165) is 11.8 Å². The minimum Gasteiger partial charge on any atom is -0.495 e. The van der Waals surface area contributed by atoms with E-state index < -0.39 is 0 Å². The monoisotopic (exact) mass is 326 g/mol. The van der Waals surface area contributed by atoms with Crippen molar-refractivity contribution in [2.45, 2.75) is 62.9 Å². The van der Waals surface area contributed by atoms with Crippen LogP contribution in [0.15, 0.2) is 18.2 Å². The molecule has 3 nitrogen and oxygen atoms in total. The van der Waals surface area contributed by atoms with Gasteiger partial charge in [0.05, 0.1) is 12.8 Å². The first-order valence-electron chi connectivity index (χ1n) is 9.82. The molecule has 0 unspecified atom stereocenters. The highest BCUT2D eigenvalue weighted by Gasteiger charge is 2.67. The van der Waals surface area contributed by atoms with E-state index in [4.69, 9.17) is 4.74 Å². The summed E-state index contributed by atoms with van der Waals surface area (Å²) in [7, 11) is 4.13. The molecular weight excluding hydrogens is 296 g/mol. The zero-order valence-corrected chi connectivity index (χ0v) is 15.3. The van der Waals surface area contributed by atoms with Crippen LogP contribution in [0.1, 0.15) is 51.0 Å². The number of para-hydroxylation sites is 1. The molecule has 1 aliphatic carbocycles. The third-order valence-corrected chi connectivity index (χ3v) is 8.12. The van der Waals surface area contributed by atoms with Crippen LogP contribution in [0, 0.1) is 5.41 Å². The molecule has 0 N–H and O–H groups in total. The average molecular weight is 326 g/mol. The zero-order valence-electron chi connectivity index (χ0n) is 15.3. The second kappa shape index (κ2) is 4.91. The van der Waals surface area contributed by atoms with E-state index in [0.29, 0.717) is 16.9 Å². The van der Waals surface area contributed by atoms with Gasteiger partial charge in [-0.3, -0.25) is 4.90 Å². The summed E-state index contributed by atoms with van der Waals surface area (Å²) in [6, 6.07) is 8.16. The summed E-state index contributed by atoms with van der Waals surface area (Å²) in [6.07, 6.45) is 8.23. The second-order valence-corrected chi connectivity index (χ2v) is 8.57. The number of rotatable bonds is 2. The van der Waals surface area contributed by atoms with E-state index in [2.05, 4.69) is 42.0 Å². The standard InChI is InChI=1S/C21H30N2O/c1-4-20-10-6-13-23-14-12-21(19(20)23)15-7-5-8-16(24-3)18(15)22(2)17(21)9-11-20/h5,7-8,17,19H,4,6,9-14H2,1-3H3/t17-,19+,20+,21-/m1/s1. The molecule has 24 heavy (non-hydrogen) atoms. The van der Waals surface area contributed by atoms with Crippen LogP contribution in [-0.4, -0.2) is 44.2 Å². The first kappa shape index (κ1) is 15.1. The molecule has 1 spiro atoms. The first-order chi connectivity index (χ1) is 11.7. The van der Waals surface area contributed by atoms with Crippen molar-refractivity contribution >= 4 is 5.69 Å². The summed E-state index contributed by atoms with van der Waals surface area (Å²) in [5.41, 5.74) is 3.83. The number of nitrogens with zero attached hydrogens (tertiary/aromatic N) is 2. The Bertz CT molecular complexity index is 674. The molecule has 2 saturated heterocycles. The number of likely N-dealkylation sites (N-methyl/N-ethyl adjacent to an activating group) is 1. The minimum atomic E-state index is 0.327. The molecule has 3 aliphatic heterocycles. The van der Waals surface area contributed by atoms with Crippen molar-refractivity contribution in [1.82, 2.24) is 4.90 Å². The highest BCUT2D eigenvalue weighted by Crippen LogP contribution is 2.66. The normalized spacial score (nSPS) is 40.2. The number of benzene rings is 1. The molecule has 0 bridgehead atoms. The van der Waals surface area contributed by atoms with E-state index in [9.17, 15) is 0 Å². The Kier molecular flexibility index (Phi) is 3.08. The summed E-state index contributed by atoms with van der Waals surface area (Å²) in [4.78, 5) is 5.44. The van der Waals surface area contributed by atoms with Crippen molar-refractivity contribution in [3.05, 3.63) is 23.8 Å². The number of hydrogen-bond donors (Lipinski definition) is 0. The molecule has 3 fully saturated rings. The Morgan fingerprint density at radius 1 is 1.21 bits per heavy atom. The van der Waals surface area contributed by atoms with Crippen LogP contribution < -0.4 is 9.64 Å². The predicted octanol–water partition coefficient (Wildman–Crippen LogP) is 3.81. The Balaban J connectivity index is 1.75. The maximum absolute atomic E-state index is 5.77. The van der Waals surface area contributed by atoms with Gasteiger partial charge in [0.1, 0.15) is 5.75 Å². The lowest BCUT2D eigenvalue weighted by molar-refractivity contribution is -0.0336. The van der Waals surface area contributed by atoms with Crippen molar-refractivity contribution in [2.24, 2.45) is 5.41 Å². The molecule has 1 aromatic carbocycles. The van der Waals surface area contributed by atoms with E-state index in [1.807, 2.05) is 7.11 Å². The topological polar surface area (TPSA) is 15.7 Å². The van der Waals surface area contributed by atoms with Crippen LogP contribution in [0.3, 0.4) is 0 Å². The van der Waals surface area contributed by atoms with Crippen LogP contribution >= 0.6 is 0 Å². The molecule has 0 aromatic heterocycles. The van der Waals surface area contributed by atoms with Crippen molar-refractivity contribution in [3.63, 3.8) is 0 Å². The largest absolute Gasteiger partial charge is 0.495 e. The molecule has 0 radical (unpaired) electrons. The van der Waals surface area contributed by atoms with Gasteiger partial charge >= 0.3 is 0 Å². The predicted molar refractivity (Wildman–Crippen MR) is 98.0 cm³/mol. The summed E-state index contributed by atoms with van der Waals surface area (Å²) >= 11 is 0. The van der Waals surface area contributed by atoms with Gasteiger partial charge in [0, 0.05) is 24.5 Å². The minimum absolute atomic E-state index is 0.327. The van der Waals surface area contributed by atoms with Gasteiger partial charge in [0.15, 0.2) is 0 Å². The second-order valence-electron chi connectivity index (χ2n) is 8.57. The number of piperidine rings is 1. The Morgan fingerprint density at radius 3 is 2.88 bits per heavy atom. The van der Waals surface area contributed by atoms with Crippen LogP contribution in [0.4, 0.5) is 5.69 Å². The number of anilines is 1. The summed E-state index contributed by atoms with van der Waals surface area (Å²) < 4.78 is 5.77. The van der Waals surface area contributed by atoms with Crippen LogP contribution in [0.25, 0.3) is 0 Å². The maximum Gasteiger partial charge on any atom is 0.142 e. The lowest BCUT2D eigenvalue weighted by Crippen LogP contribution is -2.64. The summed E-state index contributed by atoms with van der Waals surface area (Å²) in [5, 5.41) is 0. The smallest absolute Gasteiger partial charge is 0.142 e. The van der Waals surface area contributed by atoms with E-state index in [1.54, 1.807) is 5.56 Å². The Morgan fingerprint density at radius 2 is 2.08 bits per heavy atom. The molecular formula is C21H30N2O. The third kappa shape index (κ3) is 1.53. The van der Waals surface area contributed by atoms with E-state index >= 15 is 0 Å². The molecule has 1 aromatic rings. The number of methoxy groups -OCH3 is 1. The van der Waals surface area contributed by atoms with Crippen molar-refractivity contribution < 1.29 is 4.74 Å². The maximum atomic E-state index is 5.77. The van der Waals surface area contributed by atoms with Crippen molar-refractivity contribution in [2.75, 3.05) is 32.1 Å². The van der Waals surface area contributed by atoms with Gasteiger partial charge in [-0.1, -0.05) is 19.1 Å². The van der Waals surface area contributed by atoms with Crippen molar-refractivity contribution in [3.8, 4) is 5.75 Å². The fourth-order valence-electron chi connectivity index (χ4n) is 7.29. The first-order valence-corrected chi connectivity index (χ1v) is 9.82. The Labute approximate surface area is 146 Å². The molecule has 1 saturated carbocycles.